The van der Waals surface area contributed by atoms with Gasteiger partial charge in [-0.3, -0.25) is 0 Å². The SMILES string of the molecule is COC(C)(C)CCOc1ccccc1CBr. The third kappa shape index (κ3) is 4.14. The maximum atomic E-state index is 5.76. The predicted octanol–water partition coefficient (Wildman–Crippen LogP) is 3.78. The number of alkyl halides is 1. The van der Waals surface area contributed by atoms with E-state index in [9.17, 15) is 0 Å². The molecule has 0 heterocycles. The standard InChI is InChI=1S/C13H19BrO2/c1-13(2,15-3)8-9-16-12-7-5-4-6-11(12)10-14/h4-7H,8-10H2,1-3H3. The Labute approximate surface area is 106 Å². The van der Waals surface area contributed by atoms with Gasteiger partial charge in [0, 0.05) is 24.4 Å². The minimum atomic E-state index is -0.122. The number of ether oxygens (including phenoxy) is 2. The van der Waals surface area contributed by atoms with Crippen molar-refractivity contribution in [3.63, 3.8) is 0 Å². The van der Waals surface area contributed by atoms with Crippen LogP contribution in [0.15, 0.2) is 24.3 Å². The first kappa shape index (κ1) is 13.5. The van der Waals surface area contributed by atoms with Gasteiger partial charge < -0.3 is 9.47 Å². The molecule has 3 heteroatoms. The molecule has 1 aromatic carbocycles. The average Bonchev–Trinajstić information content (AvgIpc) is 2.29. The molecule has 0 aliphatic rings. The Kier molecular flexibility index (Phi) is 5.29. The summed E-state index contributed by atoms with van der Waals surface area (Å²) in [7, 11) is 1.73. The van der Waals surface area contributed by atoms with Gasteiger partial charge in [0.1, 0.15) is 5.75 Å². The van der Waals surface area contributed by atoms with E-state index in [-0.39, 0.29) is 5.60 Å². The van der Waals surface area contributed by atoms with Crippen LogP contribution in [-0.4, -0.2) is 19.3 Å². The number of benzene rings is 1. The summed E-state index contributed by atoms with van der Waals surface area (Å²) in [4.78, 5) is 0. The van der Waals surface area contributed by atoms with Gasteiger partial charge >= 0.3 is 0 Å². The molecule has 0 unspecified atom stereocenters. The number of halogens is 1. The van der Waals surface area contributed by atoms with Crippen molar-refractivity contribution in [3.8, 4) is 5.75 Å². The Balaban J connectivity index is 2.49. The number of methoxy groups -OCH3 is 1. The first-order chi connectivity index (χ1) is 7.59. The lowest BCUT2D eigenvalue weighted by molar-refractivity contribution is 0.00539. The van der Waals surface area contributed by atoms with E-state index in [0.717, 1.165) is 17.5 Å². The highest BCUT2D eigenvalue weighted by Gasteiger charge is 2.16. The van der Waals surface area contributed by atoms with E-state index in [1.165, 1.54) is 5.56 Å². The molecule has 0 saturated carbocycles. The van der Waals surface area contributed by atoms with Crippen LogP contribution in [-0.2, 0) is 10.1 Å². The molecule has 90 valence electrons. The van der Waals surface area contributed by atoms with Crippen LogP contribution in [0.5, 0.6) is 5.75 Å². The zero-order chi connectivity index (χ0) is 12.0. The second kappa shape index (κ2) is 6.26. The molecular formula is C13H19BrO2. The van der Waals surface area contributed by atoms with Gasteiger partial charge in [-0.1, -0.05) is 34.1 Å². The van der Waals surface area contributed by atoms with E-state index in [0.29, 0.717) is 6.61 Å². The molecule has 0 N–H and O–H groups in total. The lowest BCUT2D eigenvalue weighted by Gasteiger charge is -2.23. The van der Waals surface area contributed by atoms with Crippen molar-refractivity contribution in [2.24, 2.45) is 0 Å². The second-order valence-corrected chi connectivity index (χ2v) is 4.86. The Morgan fingerprint density at radius 3 is 2.56 bits per heavy atom. The largest absolute Gasteiger partial charge is 0.493 e. The fourth-order valence-electron chi connectivity index (χ4n) is 1.26. The van der Waals surface area contributed by atoms with Crippen LogP contribution in [0.3, 0.4) is 0 Å². The second-order valence-electron chi connectivity index (χ2n) is 4.30. The maximum absolute atomic E-state index is 5.76. The van der Waals surface area contributed by atoms with Gasteiger partial charge in [0.25, 0.3) is 0 Å². The monoisotopic (exact) mass is 286 g/mol. The van der Waals surface area contributed by atoms with E-state index < -0.39 is 0 Å². The van der Waals surface area contributed by atoms with Crippen molar-refractivity contribution in [3.05, 3.63) is 29.8 Å². The lowest BCUT2D eigenvalue weighted by atomic mass is 10.1. The Hall–Kier alpha value is -0.540. The summed E-state index contributed by atoms with van der Waals surface area (Å²) in [5, 5.41) is 0.816. The summed E-state index contributed by atoms with van der Waals surface area (Å²) >= 11 is 3.45. The topological polar surface area (TPSA) is 18.5 Å². The minimum Gasteiger partial charge on any atom is -0.493 e. The zero-order valence-electron chi connectivity index (χ0n) is 10.1. The molecule has 0 bridgehead atoms. The van der Waals surface area contributed by atoms with Crippen LogP contribution < -0.4 is 4.74 Å². The van der Waals surface area contributed by atoms with Crippen LogP contribution in [0.4, 0.5) is 0 Å². The number of rotatable bonds is 6. The van der Waals surface area contributed by atoms with Crippen molar-refractivity contribution < 1.29 is 9.47 Å². The molecule has 0 aliphatic heterocycles. The van der Waals surface area contributed by atoms with Crippen molar-refractivity contribution >= 4 is 15.9 Å². The van der Waals surface area contributed by atoms with Gasteiger partial charge in [-0.15, -0.1) is 0 Å². The molecule has 16 heavy (non-hydrogen) atoms. The summed E-state index contributed by atoms with van der Waals surface area (Å²) in [6, 6.07) is 8.06. The van der Waals surface area contributed by atoms with Crippen LogP contribution in [0.1, 0.15) is 25.8 Å². The van der Waals surface area contributed by atoms with Gasteiger partial charge in [-0.25, -0.2) is 0 Å². The molecule has 1 aromatic rings. The first-order valence-corrected chi connectivity index (χ1v) is 6.53. The quantitative estimate of drug-likeness (QED) is 0.741. The van der Waals surface area contributed by atoms with E-state index in [1.54, 1.807) is 7.11 Å². The molecule has 0 spiro atoms. The third-order valence-electron chi connectivity index (χ3n) is 2.63. The van der Waals surface area contributed by atoms with Gasteiger partial charge in [0.15, 0.2) is 0 Å². The van der Waals surface area contributed by atoms with Crippen molar-refractivity contribution in [2.45, 2.75) is 31.2 Å². The van der Waals surface area contributed by atoms with E-state index in [1.807, 2.05) is 18.2 Å². The lowest BCUT2D eigenvalue weighted by Crippen LogP contribution is -2.25. The van der Waals surface area contributed by atoms with Crippen molar-refractivity contribution in [1.29, 1.82) is 0 Å². The Bertz CT molecular complexity index is 323. The van der Waals surface area contributed by atoms with Crippen LogP contribution in [0.25, 0.3) is 0 Å². The van der Waals surface area contributed by atoms with Crippen LogP contribution in [0, 0.1) is 0 Å². The number of hydrogen-bond donors (Lipinski definition) is 0. The number of hydrogen-bond acceptors (Lipinski definition) is 2. The van der Waals surface area contributed by atoms with Crippen LogP contribution >= 0.6 is 15.9 Å². The summed E-state index contributed by atoms with van der Waals surface area (Å²) in [6.45, 7) is 4.80. The molecule has 0 saturated heterocycles. The molecule has 2 nitrogen and oxygen atoms in total. The van der Waals surface area contributed by atoms with Crippen molar-refractivity contribution in [1.82, 2.24) is 0 Å². The highest BCUT2D eigenvalue weighted by molar-refractivity contribution is 9.08. The molecule has 0 aliphatic carbocycles. The summed E-state index contributed by atoms with van der Waals surface area (Å²) in [5.74, 6) is 0.950. The van der Waals surface area contributed by atoms with Gasteiger partial charge in [0.2, 0.25) is 0 Å². The normalized spacial score (nSPS) is 11.5. The smallest absolute Gasteiger partial charge is 0.123 e. The fraction of sp³-hybridized carbons (Fsp3) is 0.538. The maximum Gasteiger partial charge on any atom is 0.123 e. The predicted molar refractivity (Wildman–Crippen MR) is 70.3 cm³/mol. The fourth-order valence-corrected chi connectivity index (χ4v) is 1.73. The molecule has 0 aromatic heterocycles. The molecule has 0 atom stereocenters. The Morgan fingerprint density at radius 1 is 1.25 bits per heavy atom. The highest BCUT2D eigenvalue weighted by atomic mass is 79.9. The third-order valence-corrected chi connectivity index (χ3v) is 3.23. The van der Waals surface area contributed by atoms with Crippen molar-refractivity contribution in [2.75, 3.05) is 13.7 Å². The molecule has 0 fully saturated rings. The van der Waals surface area contributed by atoms with E-state index in [2.05, 4.69) is 35.8 Å². The van der Waals surface area contributed by atoms with Gasteiger partial charge in [-0.05, 0) is 19.9 Å². The van der Waals surface area contributed by atoms with Gasteiger partial charge in [-0.2, -0.15) is 0 Å². The van der Waals surface area contributed by atoms with Gasteiger partial charge in [0.05, 0.1) is 12.2 Å². The molecule has 0 radical (unpaired) electrons. The average molecular weight is 287 g/mol. The van der Waals surface area contributed by atoms with E-state index >= 15 is 0 Å². The molecular weight excluding hydrogens is 268 g/mol. The van der Waals surface area contributed by atoms with E-state index in [4.69, 9.17) is 9.47 Å². The number of para-hydroxylation sites is 1. The summed E-state index contributed by atoms with van der Waals surface area (Å²) in [6.07, 6.45) is 0.875. The minimum absolute atomic E-state index is 0.122. The van der Waals surface area contributed by atoms with Crippen LogP contribution in [0.2, 0.25) is 0 Å². The molecule has 1 rings (SSSR count). The first-order valence-electron chi connectivity index (χ1n) is 5.41. The Morgan fingerprint density at radius 2 is 1.94 bits per heavy atom. The summed E-state index contributed by atoms with van der Waals surface area (Å²) < 4.78 is 11.1. The zero-order valence-corrected chi connectivity index (χ0v) is 11.7. The summed E-state index contributed by atoms with van der Waals surface area (Å²) in [5.41, 5.74) is 1.06. The highest BCUT2D eigenvalue weighted by Crippen LogP contribution is 2.21. The molecule has 0 amide bonds.